The van der Waals surface area contributed by atoms with E-state index in [9.17, 15) is 4.79 Å². The molecular weight excluding hydrogens is 544 g/mol. The highest BCUT2D eigenvalue weighted by Crippen LogP contribution is 2.00. The minimum Gasteiger partial charge on any atom is -0.467 e. The van der Waals surface area contributed by atoms with Crippen molar-refractivity contribution in [1.29, 1.82) is 0 Å². The molecule has 0 aromatic rings. The van der Waals surface area contributed by atoms with Gasteiger partial charge >= 0.3 is 5.97 Å². The van der Waals surface area contributed by atoms with Crippen LogP contribution in [0.25, 0.3) is 0 Å². The Bertz CT molecular complexity index is 513. The average Bonchev–Trinajstić information content (AvgIpc) is 2.99. The third kappa shape index (κ3) is 35.1. The summed E-state index contributed by atoms with van der Waals surface area (Å²) in [7, 11) is 1.32. The highest BCUT2D eigenvalue weighted by atomic mass is 16.6. The maximum absolute atomic E-state index is 10.8. The largest absolute Gasteiger partial charge is 0.467 e. The Balaban J connectivity index is 3.05. The normalized spacial score (nSPS) is 12.2. The molecule has 1 unspecified atom stereocenters. The van der Waals surface area contributed by atoms with Crippen LogP contribution >= 0.6 is 0 Å². The van der Waals surface area contributed by atoms with Gasteiger partial charge in [-0.1, -0.05) is 20.3 Å². The van der Waals surface area contributed by atoms with Gasteiger partial charge in [-0.15, -0.1) is 0 Å². The van der Waals surface area contributed by atoms with E-state index >= 15 is 0 Å². The summed E-state index contributed by atoms with van der Waals surface area (Å²) in [6, 6.07) is 0. The fourth-order valence-electron chi connectivity index (χ4n) is 2.71. The van der Waals surface area contributed by atoms with Gasteiger partial charge in [-0.2, -0.15) is 0 Å². The van der Waals surface area contributed by atoms with Gasteiger partial charge in [-0.3, -0.25) is 0 Å². The SMILES string of the molecule is CCC(C)COCCOCCOCCOCCOCCOCCOCCOCCOCCOCCOCC(=O)OC. The lowest BCUT2D eigenvalue weighted by molar-refractivity contribution is -0.146. The van der Waals surface area contributed by atoms with E-state index in [1.54, 1.807) is 0 Å². The zero-order valence-corrected chi connectivity index (χ0v) is 25.6. The summed E-state index contributed by atoms with van der Waals surface area (Å²) >= 11 is 0. The molecule has 0 fully saturated rings. The number of hydrogen-bond donors (Lipinski definition) is 0. The second-order valence-corrected chi connectivity index (χ2v) is 8.73. The predicted molar refractivity (Wildman–Crippen MR) is 150 cm³/mol. The molecule has 0 aliphatic carbocycles. The maximum Gasteiger partial charge on any atom is 0.331 e. The first-order chi connectivity index (χ1) is 20.2. The monoisotopic (exact) mass is 600 g/mol. The molecule has 0 rings (SSSR count). The van der Waals surface area contributed by atoms with Crippen LogP contribution in [0.5, 0.6) is 0 Å². The molecule has 13 heteroatoms. The van der Waals surface area contributed by atoms with E-state index in [1.165, 1.54) is 7.11 Å². The molecule has 0 heterocycles. The summed E-state index contributed by atoms with van der Waals surface area (Å²) in [6.45, 7) is 15.1. The summed E-state index contributed by atoms with van der Waals surface area (Å²) in [4.78, 5) is 10.8. The van der Waals surface area contributed by atoms with Crippen LogP contribution in [0.3, 0.4) is 0 Å². The summed E-state index contributed by atoms with van der Waals surface area (Å²) in [5, 5.41) is 0. The van der Waals surface area contributed by atoms with Crippen LogP contribution in [0.2, 0.25) is 0 Å². The Morgan fingerprint density at radius 3 is 0.927 bits per heavy atom. The molecule has 0 saturated heterocycles. The van der Waals surface area contributed by atoms with Gasteiger partial charge in [0.25, 0.3) is 0 Å². The summed E-state index contributed by atoms with van der Waals surface area (Å²) < 4.78 is 63.9. The molecule has 1 atom stereocenters. The Kier molecular flexibility index (Phi) is 34.4. The lowest BCUT2D eigenvalue weighted by Crippen LogP contribution is -2.16. The van der Waals surface area contributed by atoms with Crippen molar-refractivity contribution in [3.05, 3.63) is 0 Å². The number of rotatable bonds is 35. The molecule has 0 amide bonds. The Labute approximate surface area is 246 Å². The van der Waals surface area contributed by atoms with Crippen LogP contribution in [0.1, 0.15) is 20.3 Å². The van der Waals surface area contributed by atoms with E-state index in [0.717, 1.165) is 13.0 Å². The highest BCUT2D eigenvalue weighted by molar-refractivity contribution is 5.70. The van der Waals surface area contributed by atoms with E-state index in [2.05, 4.69) is 18.6 Å². The molecule has 0 saturated carbocycles. The number of carbonyl (C=O) groups excluding carboxylic acids is 1. The van der Waals surface area contributed by atoms with Crippen LogP contribution in [0, 0.1) is 5.92 Å². The van der Waals surface area contributed by atoms with E-state index in [4.69, 9.17) is 52.1 Å². The van der Waals surface area contributed by atoms with Crippen LogP contribution in [0.4, 0.5) is 0 Å². The second kappa shape index (κ2) is 35.2. The molecule has 0 bridgehead atoms. The summed E-state index contributed by atoms with van der Waals surface area (Å²) in [5.41, 5.74) is 0. The van der Waals surface area contributed by atoms with Crippen molar-refractivity contribution in [3.63, 3.8) is 0 Å². The van der Waals surface area contributed by atoms with Gasteiger partial charge in [0.1, 0.15) is 6.61 Å². The second-order valence-electron chi connectivity index (χ2n) is 8.73. The number of hydrogen-bond acceptors (Lipinski definition) is 13. The van der Waals surface area contributed by atoms with Gasteiger partial charge in [0.15, 0.2) is 0 Å². The summed E-state index contributed by atoms with van der Waals surface area (Å²) in [5.74, 6) is 0.190. The van der Waals surface area contributed by atoms with Crippen molar-refractivity contribution >= 4 is 5.97 Å². The first-order valence-corrected chi connectivity index (χ1v) is 14.6. The molecule has 41 heavy (non-hydrogen) atoms. The molecular formula is C28H56O13. The third-order valence-electron chi connectivity index (χ3n) is 5.27. The number of ether oxygens (including phenoxy) is 12. The fraction of sp³-hybridized carbons (Fsp3) is 0.964. The van der Waals surface area contributed by atoms with Crippen molar-refractivity contribution < 1.29 is 61.6 Å². The van der Waals surface area contributed by atoms with Crippen LogP contribution in [-0.2, 0) is 61.6 Å². The van der Waals surface area contributed by atoms with Gasteiger partial charge in [-0.05, 0) is 5.92 Å². The standard InChI is InChI=1S/C28H56O13/c1-4-27(2)25-40-23-21-38-19-17-36-15-13-34-11-9-32-7-5-31-6-8-33-10-12-35-14-16-37-18-20-39-22-24-41-26-28(29)30-3/h27H,4-26H2,1-3H3. The minimum absolute atomic E-state index is 0.0679. The van der Waals surface area contributed by atoms with E-state index < -0.39 is 5.97 Å². The van der Waals surface area contributed by atoms with Crippen molar-refractivity contribution in [2.24, 2.45) is 5.92 Å². The highest BCUT2D eigenvalue weighted by Gasteiger charge is 2.00. The smallest absolute Gasteiger partial charge is 0.331 e. The zero-order valence-electron chi connectivity index (χ0n) is 25.6. The molecule has 0 spiro atoms. The van der Waals surface area contributed by atoms with Gasteiger partial charge in [0, 0.05) is 6.61 Å². The Hall–Kier alpha value is -0.970. The van der Waals surface area contributed by atoms with Crippen molar-refractivity contribution in [2.45, 2.75) is 20.3 Å². The molecule has 13 nitrogen and oxygen atoms in total. The molecule has 0 N–H and O–H groups in total. The van der Waals surface area contributed by atoms with Gasteiger partial charge in [0.05, 0.1) is 139 Å². The first kappa shape index (κ1) is 40.0. The zero-order chi connectivity index (χ0) is 29.9. The van der Waals surface area contributed by atoms with E-state index in [1.807, 2.05) is 0 Å². The van der Waals surface area contributed by atoms with Gasteiger partial charge < -0.3 is 56.8 Å². The van der Waals surface area contributed by atoms with Crippen molar-refractivity contribution in [1.82, 2.24) is 0 Å². The van der Waals surface area contributed by atoms with Crippen LogP contribution in [0.15, 0.2) is 0 Å². The Morgan fingerprint density at radius 1 is 0.439 bits per heavy atom. The fourth-order valence-corrected chi connectivity index (χ4v) is 2.71. The van der Waals surface area contributed by atoms with Gasteiger partial charge in [0.2, 0.25) is 0 Å². The molecule has 0 aliphatic rings. The summed E-state index contributed by atoms with van der Waals surface area (Å²) in [6.07, 6.45) is 1.13. The predicted octanol–water partition coefficient (Wildman–Crippen LogP) is 1.39. The maximum atomic E-state index is 10.8. The van der Waals surface area contributed by atoms with Crippen LogP contribution < -0.4 is 0 Å². The number of esters is 1. The number of methoxy groups -OCH3 is 1. The van der Waals surface area contributed by atoms with E-state index in [-0.39, 0.29) is 6.61 Å². The molecule has 0 aliphatic heterocycles. The van der Waals surface area contributed by atoms with Crippen molar-refractivity contribution in [3.8, 4) is 0 Å². The van der Waals surface area contributed by atoms with Crippen molar-refractivity contribution in [2.75, 3.05) is 152 Å². The molecule has 246 valence electrons. The third-order valence-corrected chi connectivity index (χ3v) is 5.27. The molecule has 0 radical (unpaired) electrons. The Morgan fingerprint density at radius 2 is 0.683 bits per heavy atom. The lowest BCUT2D eigenvalue weighted by Gasteiger charge is -2.10. The van der Waals surface area contributed by atoms with Crippen LogP contribution in [-0.4, -0.2) is 158 Å². The number of carbonyl (C=O) groups is 1. The van der Waals surface area contributed by atoms with E-state index in [0.29, 0.717) is 138 Å². The molecule has 0 aromatic heterocycles. The lowest BCUT2D eigenvalue weighted by atomic mass is 10.1. The quantitative estimate of drug-likeness (QED) is 0.0768. The first-order valence-electron chi connectivity index (χ1n) is 14.6. The topological polar surface area (TPSA) is 128 Å². The minimum atomic E-state index is -0.406. The average molecular weight is 601 g/mol. The van der Waals surface area contributed by atoms with Gasteiger partial charge in [-0.25, -0.2) is 4.79 Å². The molecule has 0 aromatic carbocycles.